The fourth-order valence-electron chi connectivity index (χ4n) is 2.52. The van der Waals surface area contributed by atoms with Crippen molar-refractivity contribution in [3.63, 3.8) is 0 Å². The Bertz CT molecular complexity index is 1140. The van der Waals surface area contributed by atoms with Gasteiger partial charge < -0.3 is 4.57 Å². The number of fused-ring (bicyclic) bond motifs is 1. The maximum absolute atomic E-state index is 12.5. The Labute approximate surface area is 164 Å². The molecule has 0 unspecified atom stereocenters. The summed E-state index contributed by atoms with van der Waals surface area (Å²) in [5, 5.41) is 22.0. The number of nitro groups is 2. The molecule has 0 aliphatic carbocycles. The predicted molar refractivity (Wildman–Crippen MR) is 103 cm³/mol. The third-order valence-electron chi connectivity index (χ3n) is 3.73. The van der Waals surface area contributed by atoms with E-state index in [9.17, 15) is 25.0 Å². The molecule has 2 aromatic carbocycles. The smallest absolute Gasteiger partial charge is 0.280 e. The highest BCUT2D eigenvalue weighted by Gasteiger charge is 2.20. The first-order chi connectivity index (χ1) is 12.8. The van der Waals surface area contributed by atoms with Gasteiger partial charge in [-0.2, -0.15) is 4.99 Å². The molecule has 0 N–H and O–H groups in total. The highest BCUT2D eigenvalue weighted by atomic mass is 79.9. The highest BCUT2D eigenvalue weighted by molar-refractivity contribution is 9.10. The van der Waals surface area contributed by atoms with E-state index in [0.29, 0.717) is 11.3 Å². The number of carbonyl (C=O) groups excluding carboxylic acids is 1. The van der Waals surface area contributed by atoms with Crippen LogP contribution in [0.2, 0.25) is 0 Å². The van der Waals surface area contributed by atoms with Gasteiger partial charge in [-0.05, 0) is 25.1 Å². The minimum atomic E-state index is -0.785. The van der Waals surface area contributed by atoms with E-state index in [1.165, 1.54) is 11.3 Å². The summed E-state index contributed by atoms with van der Waals surface area (Å²) in [5.74, 6) is -0.783. The van der Waals surface area contributed by atoms with Gasteiger partial charge >= 0.3 is 0 Å². The summed E-state index contributed by atoms with van der Waals surface area (Å²) in [4.78, 5) is 37.4. The lowest BCUT2D eigenvalue weighted by atomic mass is 10.1. The number of thiazole rings is 1. The molecule has 0 atom stereocenters. The first-order valence-electron chi connectivity index (χ1n) is 7.62. The van der Waals surface area contributed by atoms with Gasteiger partial charge in [0.1, 0.15) is 0 Å². The molecule has 0 aliphatic rings. The van der Waals surface area contributed by atoms with Gasteiger partial charge in [0.15, 0.2) is 4.80 Å². The number of aryl methyl sites for hydroxylation is 1. The highest BCUT2D eigenvalue weighted by Crippen LogP contribution is 2.24. The van der Waals surface area contributed by atoms with Gasteiger partial charge in [-0.3, -0.25) is 25.0 Å². The molecule has 9 nitrogen and oxygen atoms in total. The molecular weight excluding hydrogens is 440 g/mol. The number of nitro benzene ring substituents is 2. The number of halogens is 1. The molecule has 1 amide bonds. The topological polar surface area (TPSA) is 121 Å². The molecule has 0 bridgehead atoms. The van der Waals surface area contributed by atoms with Crippen molar-refractivity contribution in [1.82, 2.24) is 4.57 Å². The zero-order valence-corrected chi connectivity index (χ0v) is 16.2. The molecule has 138 valence electrons. The SMILES string of the molecule is CCn1c(=NC(=O)c2cc([N+](=O)[O-])cc([N+](=O)[O-])c2)sc2cc(Br)ccc21. The van der Waals surface area contributed by atoms with Crippen molar-refractivity contribution in [3.8, 4) is 0 Å². The lowest BCUT2D eigenvalue weighted by Crippen LogP contribution is -2.16. The normalized spacial score (nSPS) is 11.7. The van der Waals surface area contributed by atoms with E-state index in [0.717, 1.165) is 32.9 Å². The van der Waals surface area contributed by atoms with Gasteiger partial charge in [0.2, 0.25) is 0 Å². The summed E-state index contributed by atoms with van der Waals surface area (Å²) in [6, 6.07) is 8.43. The van der Waals surface area contributed by atoms with Gasteiger partial charge in [-0.15, -0.1) is 0 Å². The number of benzene rings is 2. The molecule has 0 saturated heterocycles. The van der Waals surface area contributed by atoms with Crippen LogP contribution in [0.3, 0.4) is 0 Å². The van der Waals surface area contributed by atoms with Crippen LogP contribution in [0.4, 0.5) is 11.4 Å². The van der Waals surface area contributed by atoms with E-state index in [4.69, 9.17) is 0 Å². The van der Waals surface area contributed by atoms with Crippen LogP contribution >= 0.6 is 27.3 Å². The number of amides is 1. The summed E-state index contributed by atoms with van der Waals surface area (Å²) in [6.45, 7) is 2.46. The second-order valence-electron chi connectivity index (χ2n) is 5.41. The Balaban J connectivity index is 2.16. The first-order valence-corrected chi connectivity index (χ1v) is 9.23. The third kappa shape index (κ3) is 3.78. The molecule has 0 radical (unpaired) electrons. The number of rotatable bonds is 4. The number of nitrogens with zero attached hydrogens (tertiary/aromatic N) is 4. The summed E-state index contributed by atoms with van der Waals surface area (Å²) in [7, 11) is 0. The maximum Gasteiger partial charge on any atom is 0.280 e. The molecule has 3 aromatic rings. The van der Waals surface area contributed by atoms with Crippen LogP contribution in [0.1, 0.15) is 17.3 Å². The van der Waals surface area contributed by atoms with Crippen LogP contribution in [-0.2, 0) is 6.54 Å². The zero-order valence-electron chi connectivity index (χ0n) is 13.8. The number of non-ortho nitro benzene ring substituents is 2. The summed E-state index contributed by atoms with van der Waals surface area (Å²) in [5.41, 5.74) is -0.391. The van der Waals surface area contributed by atoms with E-state index in [1.54, 1.807) is 0 Å². The molecular formula is C16H11BrN4O5S. The predicted octanol–water partition coefficient (Wildman–Crippen LogP) is 4.04. The molecule has 0 spiro atoms. The van der Waals surface area contributed by atoms with Crippen molar-refractivity contribution in [2.24, 2.45) is 4.99 Å². The average Bonchev–Trinajstić information content (AvgIpc) is 2.96. The van der Waals surface area contributed by atoms with E-state index < -0.39 is 27.1 Å². The lowest BCUT2D eigenvalue weighted by molar-refractivity contribution is -0.394. The van der Waals surface area contributed by atoms with Gasteiger partial charge in [-0.25, -0.2) is 0 Å². The van der Waals surface area contributed by atoms with Crippen molar-refractivity contribution < 1.29 is 14.6 Å². The lowest BCUT2D eigenvalue weighted by Gasteiger charge is -2.00. The number of hydrogen-bond acceptors (Lipinski definition) is 6. The Morgan fingerprint density at radius 2 is 1.78 bits per heavy atom. The fraction of sp³-hybridized carbons (Fsp3) is 0.125. The van der Waals surface area contributed by atoms with Crippen molar-refractivity contribution >= 4 is 54.8 Å². The van der Waals surface area contributed by atoms with Crippen molar-refractivity contribution in [1.29, 1.82) is 0 Å². The minimum absolute atomic E-state index is 0.211. The van der Waals surface area contributed by atoms with E-state index >= 15 is 0 Å². The molecule has 0 saturated carbocycles. The average molecular weight is 451 g/mol. The monoisotopic (exact) mass is 450 g/mol. The van der Waals surface area contributed by atoms with Crippen LogP contribution in [0.25, 0.3) is 10.2 Å². The molecule has 1 heterocycles. The van der Waals surface area contributed by atoms with E-state index in [1.807, 2.05) is 29.7 Å². The number of carbonyl (C=O) groups is 1. The molecule has 1 aromatic heterocycles. The van der Waals surface area contributed by atoms with E-state index in [2.05, 4.69) is 20.9 Å². The van der Waals surface area contributed by atoms with Crippen LogP contribution in [-0.4, -0.2) is 20.3 Å². The molecule has 27 heavy (non-hydrogen) atoms. The van der Waals surface area contributed by atoms with Crippen LogP contribution in [0.5, 0.6) is 0 Å². The van der Waals surface area contributed by atoms with Gasteiger partial charge in [0, 0.05) is 23.2 Å². The largest absolute Gasteiger partial charge is 0.317 e. The minimum Gasteiger partial charge on any atom is -0.317 e. The first kappa shape index (κ1) is 18.9. The summed E-state index contributed by atoms with van der Waals surface area (Å²) in [6.07, 6.45) is 0. The molecule has 3 rings (SSSR count). The third-order valence-corrected chi connectivity index (χ3v) is 5.26. The Morgan fingerprint density at radius 3 is 2.33 bits per heavy atom. The number of hydrogen-bond donors (Lipinski definition) is 0. The standard InChI is InChI=1S/C16H11BrN4O5S/c1-2-19-13-4-3-10(17)7-14(13)27-16(19)18-15(22)9-5-11(20(23)24)8-12(6-9)21(25)26/h3-8H,2H2,1H3. The van der Waals surface area contributed by atoms with Crippen LogP contribution in [0.15, 0.2) is 45.9 Å². The molecule has 11 heteroatoms. The summed E-state index contributed by atoms with van der Waals surface area (Å²) >= 11 is 4.68. The second-order valence-corrected chi connectivity index (χ2v) is 7.33. The van der Waals surface area contributed by atoms with Crippen molar-refractivity contribution in [3.05, 3.63) is 71.5 Å². The van der Waals surface area contributed by atoms with E-state index in [-0.39, 0.29) is 5.56 Å². The van der Waals surface area contributed by atoms with Gasteiger partial charge in [0.05, 0.1) is 31.7 Å². The van der Waals surface area contributed by atoms with Gasteiger partial charge in [-0.1, -0.05) is 27.3 Å². The van der Waals surface area contributed by atoms with Crippen molar-refractivity contribution in [2.75, 3.05) is 0 Å². The number of aromatic nitrogens is 1. The van der Waals surface area contributed by atoms with Crippen molar-refractivity contribution in [2.45, 2.75) is 13.5 Å². The van der Waals surface area contributed by atoms with Crippen LogP contribution in [0, 0.1) is 20.2 Å². The molecule has 0 fully saturated rings. The fourth-order valence-corrected chi connectivity index (χ4v) is 4.16. The zero-order chi connectivity index (χ0) is 19.7. The van der Waals surface area contributed by atoms with Crippen LogP contribution < -0.4 is 4.80 Å². The Kier molecular flexibility index (Phi) is 5.15. The maximum atomic E-state index is 12.5. The second kappa shape index (κ2) is 7.37. The quantitative estimate of drug-likeness (QED) is 0.438. The van der Waals surface area contributed by atoms with Gasteiger partial charge in [0.25, 0.3) is 17.3 Å². The Hall–Kier alpha value is -2.92. The Morgan fingerprint density at radius 1 is 1.15 bits per heavy atom. The summed E-state index contributed by atoms with van der Waals surface area (Å²) < 4.78 is 3.62. The molecule has 0 aliphatic heterocycles.